The number of halogens is 2. The maximum atomic E-state index is 13.7. The maximum Gasteiger partial charge on any atom is 0.254 e. The normalized spacial score (nSPS) is 11.0. The molecule has 0 fully saturated rings. The van der Waals surface area contributed by atoms with Gasteiger partial charge < -0.3 is 14.6 Å². The number of unbranched alkanes of at least 4 members (excludes halogenated alkanes) is 2. The van der Waals surface area contributed by atoms with Crippen molar-refractivity contribution >= 4 is 28.5 Å². The first-order valence-corrected chi connectivity index (χ1v) is 12.4. The summed E-state index contributed by atoms with van der Waals surface area (Å²) in [6, 6.07) is 21.7. The topological polar surface area (TPSA) is 56.2 Å². The number of nitrogens with zero attached hydrogens (tertiary/aromatic N) is 2. The predicted octanol–water partition coefficient (Wildman–Crippen LogP) is 6.44. The fourth-order valence-corrected chi connectivity index (χ4v) is 4.25. The zero-order valence-electron chi connectivity index (χ0n) is 19.6. The van der Waals surface area contributed by atoms with Gasteiger partial charge in [0, 0.05) is 19.5 Å². The molecular weight excluding hydrogens is 465 g/mol. The SMILES string of the molecule is O=C(NCCCCCc1nc2ccccc2n1CCCOc1ccccc1Cl)c1ccccc1F. The molecule has 0 saturated heterocycles. The standard InChI is InChI=1S/C28H29ClFN3O2/c29-22-12-4-8-16-26(22)35-20-10-19-33-25-15-7-6-14-24(25)32-27(33)17-2-1-9-18-31-28(34)21-11-3-5-13-23(21)30/h3-8,11-16H,1-2,9-10,17-20H2,(H,31,34). The monoisotopic (exact) mass is 493 g/mol. The van der Waals surface area contributed by atoms with Crippen LogP contribution in [0, 0.1) is 5.82 Å². The molecule has 0 saturated carbocycles. The second kappa shape index (κ2) is 12.4. The van der Waals surface area contributed by atoms with Crippen LogP contribution in [0.25, 0.3) is 11.0 Å². The van der Waals surface area contributed by atoms with E-state index >= 15 is 0 Å². The lowest BCUT2D eigenvalue weighted by molar-refractivity contribution is 0.0949. The Morgan fingerprint density at radius 2 is 1.71 bits per heavy atom. The molecular formula is C28H29ClFN3O2. The van der Waals surface area contributed by atoms with Gasteiger partial charge in [-0.25, -0.2) is 9.37 Å². The fraction of sp³-hybridized carbons (Fsp3) is 0.286. The van der Waals surface area contributed by atoms with Crippen LogP contribution in [0.2, 0.25) is 5.02 Å². The van der Waals surface area contributed by atoms with Crippen LogP contribution in [0.4, 0.5) is 4.39 Å². The van der Waals surface area contributed by atoms with Crippen molar-refractivity contribution in [1.82, 2.24) is 14.9 Å². The van der Waals surface area contributed by atoms with Crippen molar-refractivity contribution < 1.29 is 13.9 Å². The van der Waals surface area contributed by atoms with Gasteiger partial charge in [0.1, 0.15) is 17.4 Å². The number of para-hydroxylation sites is 3. The highest BCUT2D eigenvalue weighted by molar-refractivity contribution is 6.32. The summed E-state index contributed by atoms with van der Waals surface area (Å²) in [5, 5.41) is 3.42. The summed E-state index contributed by atoms with van der Waals surface area (Å²) in [6.45, 7) is 1.89. The van der Waals surface area contributed by atoms with E-state index in [0.29, 0.717) is 23.9 Å². The second-order valence-electron chi connectivity index (χ2n) is 8.35. The molecule has 182 valence electrons. The van der Waals surface area contributed by atoms with E-state index in [9.17, 15) is 9.18 Å². The lowest BCUT2D eigenvalue weighted by atomic mass is 10.1. The molecule has 0 atom stereocenters. The van der Waals surface area contributed by atoms with Gasteiger partial charge in [-0.2, -0.15) is 0 Å². The predicted molar refractivity (Wildman–Crippen MR) is 138 cm³/mol. The van der Waals surface area contributed by atoms with Crippen molar-refractivity contribution in [2.24, 2.45) is 0 Å². The minimum Gasteiger partial charge on any atom is -0.492 e. The molecule has 1 heterocycles. The quantitative estimate of drug-likeness (QED) is 0.231. The van der Waals surface area contributed by atoms with Crippen molar-refractivity contribution in [1.29, 1.82) is 0 Å². The van der Waals surface area contributed by atoms with Crippen LogP contribution in [0.3, 0.4) is 0 Å². The number of aromatic nitrogens is 2. The number of aryl methyl sites for hydroxylation is 2. The van der Waals surface area contributed by atoms with E-state index in [1.54, 1.807) is 12.1 Å². The van der Waals surface area contributed by atoms with Gasteiger partial charge >= 0.3 is 0 Å². The van der Waals surface area contributed by atoms with Crippen molar-refractivity contribution in [3.63, 3.8) is 0 Å². The molecule has 1 aromatic heterocycles. The highest BCUT2D eigenvalue weighted by Crippen LogP contribution is 2.23. The molecule has 3 aromatic carbocycles. The van der Waals surface area contributed by atoms with Gasteiger partial charge in [-0.15, -0.1) is 0 Å². The number of imidazole rings is 1. The zero-order valence-corrected chi connectivity index (χ0v) is 20.3. The highest BCUT2D eigenvalue weighted by atomic mass is 35.5. The van der Waals surface area contributed by atoms with Crippen LogP contribution < -0.4 is 10.1 Å². The van der Waals surface area contributed by atoms with E-state index in [1.165, 1.54) is 12.1 Å². The maximum absolute atomic E-state index is 13.7. The summed E-state index contributed by atoms with van der Waals surface area (Å²) in [4.78, 5) is 17.0. The first kappa shape index (κ1) is 24.7. The van der Waals surface area contributed by atoms with Crippen LogP contribution in [0.5, 0.6) is 5.75 Å². The van der Waals surface area contributed by atoms with Crippen molar-refractivity contribution in [2.75, 3.05) is 13.2 Å². The summed E-state index contributed by atoms with van der Waals surface area (Å²) in [6.07, 6.45) is 4.40. The third kappa shape index (κ3) is 6.61. The van der Waals surface area contributed by atoms with E-state index in [2.05, 4.69) is 16.0 Å². The van der Waals surface area contributed by atoms with E-state index in [-0.39, 0.29) is 11.5 Å². The van der Waals surface area contributed by atoms with Gasteiger partial charge in [0.15, 0.2) is 0 Å². The second-order valence-corrected chi connectivity index (χ2v) is 8.75. The summed E-state index contributed by atoms with van der Waals surface area (Å²) < 4.78 is 21.8. The van der Waals surface area contributed by atoms with Gasteiger partial charge in [-0.3, -0.25) is 4.79 Å². The molecule has 0 bridgehead atoms. The molecule has 0 spiro atoms. The summed E-state index contributed by atoms with van der Waals surface area (Å²) in [7, 11) is 0. The van der Waals surface area contributed by atoms with Crippen LogP contribution in [0.15, 0.2) is 72.8 Å². The third-order valence-electron chi connectivity index (χ3n) is 5.84. The molecule has 0 aliphatic rings. The van der Waals surface area contributed by atoms with E-state index < -0.39 is 5.82 Å². The molecule has 4 rings (SSSR count). The molecule has 4 aromatic rings. The number of benzene rings is 3. The summed E-state index contributed by atoms with van der Waals surface area (Å²) in [5.41, 5.74) is 2.20. The van der Waals surface area contributed by atoms with Crippen LogP contribution in [-0.2, 0) is 13.0 Å². The van der Waals surface area contributed by atoms with Crippen molar-refractivity contribution in [3.8, 4) is 5.75 Å². The molecule has 1 amide bonds. The van der Waals surface area contributed by atoms with Gasteiger partial charge in [-0.05, 0) is 55.7 Å². The molecule has 1 N–H and O–H groups in total. The van der Waals surface area contributed by atoms with E-state index in [1.807, 2.05) is 42.5 Å². The van der Waals surface area contributed by atoms with E-state index in [0.717, 1.165) is 55.5 Å². The lowest BCUT2D eigenvalue weighted by Crippen LogP contribution is -2.25. The van der Waals surface area contributed by atoms with Gasteiger partial charge in [-0.1, -0.05) is 54.4 Å². The largest absolute Gasteiger partial charge is 0.492 e. The average Bonchev–Trinajstić information content (AvgIpc) is 3.22. The Kier molecular flexibility index (Phi) is 8.74. The smallest absolute Gasteiger partial charge is 0.254 e. The number of fused-ring (bicyclic) bond motifs is 1. The Labute approximate surface area is 209 Å². The van der Waals surface area contributed by atoms with Crippen molar-refractivity contribution in [2.45, 2.75) is 38.6 Å². The number of carbonyl (C=O) groups is 1. The Balaban J connectivity index is 1.25. The Morgan fingerprint density at radius 1 is 0.943 bits per heavy atom. The molecule has 0 unspecified atom stereocenters. The summed E-state index contributed by atoms with van der Waals surface area (Å²) in [5.74, 6) is 0.886. The molecule has 0 aliphatic carbocycles. The van der Waals surface area contributed by atoms with Gasteiger partial charge in [0.2, 0.25) is 0 Å². The molecule has 0 radical (unpaired) electrons. The zero-order chi connectivity index (χ0) is 24.5. The number of rotatable bonds is 12. The number of nitrogens with one attached hydrogen (secondary N) is 1. The van der Waals surface area contributed by atoms with E-state index in [4.69, 9.17) is 21.3 Å². The highest BCUT2D eigenvalue weighted by Gasteiger charge is 2.12. The van der Waals surface area contributed by atoms with Crippen LogP contribution in [-0.4, -0.2) is 28.6 Å². The number of carbonyl (C=O) groups excluding carboxylic acids is 1. The Bertz CT molecular complexity index is 1270. The molecule has 7 heteroatoms. The number of hydrogen-bond donors (Lipinski definition) is 1. The van der Waals surface area contributed by atoms with Gasteiger partial charge in [0.05, 0.1) is 28.2 Å². The minimum absolute atomic E-state index is 0.0831. The number of amides is 1. The lowest BCUT2D eigenvalue weighted by Gasteiger charge is -2.11. The molecule has 5 nitrogen and oxygen atoms in total. The van der Waals surface area contributed by atoms with Crippen molar-refractivity contribution in [3.05, 3.63) is 95.0 Å². The van der Waals surface area contributed by atoms with Crippen LogP contribution >= 0.6 is 11.6 Å². The fourth-order valence-electron chi connectivity index (χ4n) is 4.06. The first-order valence-electron chi connectivity index (χ1n) is 12.0. The molecule has 0 aliphatic heterocycles. The third-order valence-corrected chi connectivity index (χ3v) is 6.15. The first-order chi connectivity index (χ1) is 17.1. The van der Waals surface area contributed by atoms with Crippen LogP contribution in [0.1, 0.15) is 41.9 Å². The Hall–Kier alpha value is -3.38. The Morgan fingerprint density at radius 3 is 2.57 bits per heavy atom. The molecule has 35 heavy (non-hydrogen) atoms. The number of hydrogen-bond acceptors (Lipinski definition) is 3. The summed E-state index contributed by atoms with van der Waals surface area (Å²) >= 11 is 6.17. The van der Waals surface area contributed by atoms with Gasteiger partial charge in [0.25, 0.3) is 5.91 Å². The minimum atomic E-state index is -0.499. The number of ether oxygens (including phenoxy) is 1. The average molecular weight is 494 g/mol.